The lowest BCUT2D eigenvalue weighted by atomic mass is 9.86. The molecule has 0 unspecified atom stereocenters. The molecule has 132 valence electrons. The van der Waals surface area contributed by atoms with Crippen LogP contribution in [-0.4, -0.2) is 49.6 Å². The van der Waals surface area contributed by atoms with Gasteiger partial charge in [-0.25, -0.2) is 0 Å². The van der Waals surface area contributed by atoms with Gasteiger partial charge < -0.3 is 14.5 Å². The van der Waals surface area contributed by atoms with Gasteiger partial charge in [0.25, 0.3) is 5.91 Å². The molecule has 4 nitrogen and oxygen atoms in total. The van der Waals surface area contributed by atoms with Crippen LogP contribution in [0.25, 0.3) is 0 Å². The number of carbonyl (C=O) groups excluding carboxylic acids is 1. The van der Waals surface area contributed by atoms with Crippen LogP contribution in [0.1, 0.15) is 32.6 Å². The summed E-state index contributed by atoms with van der Waals surface area (Å²) in [6.07, 6.45) is 5.46. The van der Waals surface area contributed by atoms with Crippen LogP contribution in [0.5, 0.6) is 5.75 Å². The highest BCUT2D eigenvalue weighted by atomic mass is 35.5. The molecular weight excluding hydrogens is 324 g/mol. The normalized spacial score (nSPS) is 25.5. The lowest BCUT2D eigenvalue weighted by Crippen LogP contribution is -3.18. The molecule has 1 aromatic rings. The zero-order valence-corrected chi connectivity index (χ0v) is 15.2. The largest absolute Gasteiger partial charge is 0.484 e. The fraction of sp³-hybridized carbons (Fsp3) is 0.632. The maximum Gasteiger partial charge on any atom is 0.260 e. The van der Waals surface area contributed by atoms with E-state index in [1.165, 1.54) is 25.7 Å². The van der Waals surface area contributed by atoms with Crippen molar-refractivity contribution >= 4 is 17.5 Å². The predicted molar refractivity (Wildman–Crippen MR) is 95.6 cm³/mol. The fourth-order valence-corrected chi connectivity index (χ4v) is 4.15. The van der Waals surface area contributed by atoms with Crippen LogP contribution in [0.4, 0.5) is 0 Å². The van der Waals surface area contributed by atoms with E-state index in [4.69, 9.17) is 16.3 Å². The summed E-state index contributed by atoms with van der Waals surface area (Å²) in [5.74, 6) is 1.64. The number of hydrogen-bond donors (Lipinski definition) is 1. The zero-order valence-electron chi connectivity index (χ0n) is 14.5. The van der Waals surface area contributed by atoms with Gasteiger partial charge in [0, 0.05) is 11.4 Å². The van der Waals surface area contributed by atoms with Crippen molar-refractivity contribution in [2.45, 2.75) is 38.6 Å². The second-order valence-corrected chi connectivity index (χ2v) is 7.69. The number of rotatable bonds is 4. The third-order valence-corrected chi connectivity index (χ3v) is 5.70. The molecule has 2 aliphatic rings. The number of benzene rings is 1. The van der Waals surface area contributed by atoms with E-state index in [0.717, 1.165) is 38.1 Å². The monoisotopic (exact) mass is 351 g/mol. The van der Waals surface area contributed by atoms with Crippen molar-refractivity contribution in [3.63, 3.8) is 0 Å². The summed E-state index contributed by atoms with van der Waals surface area (Å²) in [6.45, 7) is 6.33. The number of amides is 1. The first kappa shape index (κ1) is 17.6. The predicted octanol–water partition coefficient (Wildman–Crippen LogP) is 2.02. The SMILES string of the molecule is C[C@H]1CCC[C@@H]([NH+]2CCN(C(=O)COc3ccc(Cl)cc3)CC2)C1. The molecule has 5 heteroatoms. The Hall–Kier alpha value is -1.26. The first-order valence-electron chi connectivity index (χ1n) is 9.12. The van der Waals surface area contributed by atoms with Crippen LogP contribution in [0.3, 0.4) is 0 Å². The van der Waals surface area contributed by atoms with Gasteiger partial charge >= 0.3 is 0 Å². The molecule has 0 bridgehead atoms. The summed E-state index contributed by atoms with van der Waals surface area (Å²) < 4.78 is 5.58. The van der Waals surface area contributed by atoms with Gasteiger partial charge in [0.05, 0.1) is 32.2 Å². The van der Waals surface area contributed by atoms with E-state index in [1.807, 2.05) is 4.90 Å². The molecule has 1 N–H and O–H groups in total. The Morgan fingerprint density at radius 3 is 2.62 bits per heavy atom. The zero-order chi connectivity index (χ0) is 16.9. The van der Waals surface area contributed by atoms with E-state index >= 15 is 0 Å². The molecule has 1 amide bonds. The number of carbonyl (C=O) groups is 1. The maximum atomic E-state index is 12.3. The number of hydrogen-bond acceptors (Lipinski definition) is 2. The minimum atomic E-state index is 0.0843. The van der Waals surface area contributed by atoms with E-state index < -0.39 is 0 Å². The molecule has 1 saturated carbocycles. The van der Waals surface area contributed by atoms with Crippen molar-refractivity contribution in [2.75, 3.05) is 32.8 Å². The van der Waals surface area contributed by atoms with E-state index in [1.54, 1.807) is 29.2 Å². The Balaban J connectivity index is 1.42. The van der Waals surface area contributed by atoms with Crippen LogP contribution in [-0.2, 0) is 4.79 Å². The molecule has 1 heterocycles. The number of nitrogens with zero attached hydrogens (tertiary/aromatic N) is 1. The summed E-state index contributed by atoms with van der Waals surface area (Å²) in [6, 6.07) is 7.93. The maximum absolute atomic E-state index is 12.3. The van der Waals surface area contributed by atoms with Gasteiger partial charge in [0.2, 0.25) is 0 Å². The standard InChI is InChI=1S/C19H27ClN2O2/c1-15-3-2-4-17(13-15)21-9-11-22(12-10-21)19(23)14-24-18-7-5-16(20)6-8-18/h5-8,15,17H,2-4,9-14H2,1H3/p+1/t15-,17+/m0/s1. The van der Waals surface area contributed by atoms with Crippen molar-refractivity contribution in [3.8, 4) is 5.75 Å². The number of halogens is 1. The van der Waals surface area contributed by atoms with Gasteiger partial charge in [0.1, 0.15) is 5.75 Å². The summed E-state index contributed by atoms with van der Waals surface area (Å²) >= 11 is 5.85. The first-order valence-corrected chi connectivity index (χ1v) is 9.50. The van der Waals surface area contributed by atoms with Crippen molar-refractivity contribution < 1.29 is 14.4 Å². The second kappa shape index (κ2) is 8.21. The van der Waals surface area contributed by atoms with Crippen LogP contribution in [0.15, 0.2) is 24.3 Å². The van der Waals surface area contributed by atoms with Crippen LogP contribution in [0, 0.1) is 5.92 Å². The Labute approximate surface area is 149 Å². The highest BCUT2D eigenvalue weighted by molar-refractivity contribution is 6.30. The molecule has 24 heavy (non-hydrogen) atoms. The van der Waals surface area contributed by atoms with Gasteiger partial charge in [-0.3, -0.25) is 4.79 Å². The molecule has 0 radical (unpaired) electrons. The summed E-state index contributed by atoms with van der Waals surface area (Å²) in [5.41, 5.74) is 0. The van der Waals surface area contributed by atoms with Crippen molar-refractivity contribution in [1.82, 2.24) is 4.90 Å². The number of piperazine rings is 1. The third kappa shape index (κ3) is 4.64. The van der Waals surface area contributed by atoms with Gasteiger partial charge in [0.15, 0.2) is 6.61 Å². The average Bonchev–Trinajstić information content (AvgIpc) is 2.61. The Bertz CT molecular complexity index is 541. The quantitative estimate of drug-likeness (QED) is 0.900. The second-order valence-electron chi connectivity index (χ2n) is 7.25. The van der Waals surface area contributed by atoms with Gasteiger partial charge in [-0.1, -0.05) is 24.9 Å². The van der Waals surface area contributed by atoms with Crippen molar-refractivity contribution in [3.05, 3.63) is 29.3 Å². The molecule has 0 aromatic heterocycles. The highest BCUT2D eigenvalue weighted by Gasteiger charge is 2.31. The van der Waals surface area contributed by atoms with Crippen LogP contribution >= 0.6 is 11.6 Å². The van der Waals surface area contributed by atoms with Crippen molar-refractivity contribution in [1.29, 1.82) is 0 Å². The minimum Gasteiger partial charge on any atom is -0.484 e. The lowest BCUT2D eigenvalue weighted by Gasteiger charge is -2.39. The number of ether oxygens (including phenoxy) is 1. The number of quaternary nitrogens is 1. The Morgan fingerprint density at radius 2 is 1.96 bits per heavy atom. The van der Waals surface area contributed by atoms with Gasteiger partial charge in [-0.2, -0.15) is 0 Å². The summed E-state index contributed by atoms with van der Waals surface area (Å²) in [5, 5.41) is 0.671. The van der Waals surface area contributed by atoms with Crippen LogP contribution < -0.4 is 9.64 Å². The Morgan fingerprint density at radius 1 is 1.25 bits per heavy atom. The fourth-order valence-electron chi connectivity index (χ4n) is 4.02. The van der Waals surface area contributed by atoms with E-state index in [-0.39, 0.29) is 12.5 Å². The molecule has 2 atom stereocenters. The smallest absolute Gasteiger partial charge is 0.260 e. The summed E-state index contributed by atoms with van der Waals surface area (Å²) in [4.78, 5) is 16.0. The van der Waals surface area contributed by atoms with Gasteiger partial charge in [-0.05, 0) is 43.0 Å². The first-order chi connectivity index (χ1) is 11.6. The van der Waals surface area contributed by atoms with Crippen molar-refractivity contribution in [2.24, 2.45) is 5.92 Å². The van der Waals surface area contributed by atoms with Gasteiger partial charge in [-0.15, -0.1) is 0 Å². The third-order valence-electron chi connectivity index (χ3n) is 5.45. The van der Waals surface area contributed by atoms with E-state index in [9.17, 15) is 4.79 Å². The molecule has 1 aliphatic heterocycles. The molecule has 0 spiro atoms. The molecule has 3 rings (SSSR count). The molecule has 1 saturated heterocycles. The number of nitrogens with one attached hydrogen (secondary N) is 1. The topological polar surface area (TPSA) is 34.0 Å². The van der Waals surface area contributed by atoms with E-state index in [0.29, 0.717) is 10.8 Å². The van der Waals surface area contributed by atoms with E-state index in [2.05, 4.69) is 6.92 Å². The summed E-state index contributed by atoms with van der Waals surface area (Å²) in [7, 11) is 0. The molecule has 2 fully saturated rings. The highest BCUT2D eigenvalue weighted by Crippen LogP contribution is 2.22. The molecule has 1 aromatic carbocycles. The Kier molecular flexibility index (Phi) is 6.01. The van der Waals surface area contributed by atoms with Crippen LogP contribution in [0.2, 0.25) is 5.02 Å². The molecular formula is C19H28ClN2O2+. The minimum absolute atomic E-state index is 0.0843. The molecule has 1 aliphatic carbocycles. The average molecular weight is 352 g/mol. The lowest BCUT2D eigenvalue weighted by molar-refractivity contribution is -0.930.